The lowest BCUT2D eigenvalue weighted by molar-refractivity contribution is -0.387. The third kappa shape index (κ3) is 7.19. The minimum atomic E-state index is -4.33. The highest BCUT2D eigenvalue weighted by molar-refractivity contribution is 7.89. The highest BCUT2D eigenvalue weighted by atomic mass is 32.2. The molecule has 1 aromatic heterocycles. The number of sulfonamides is 1. The Morgan fingerprint density at radius 2 is 1.24 bits per heavy atom. The van der Waals surface area contributed by atoms with Crippen LogP contribution in [0.3, 0.4) is 0 Å². The van der Waals surface area contributed by atoms with Crippen LogP contribution in [0, 0.1) is 10.1 Å². The number of nitro groups is 1. The molecule has 0 aliphatic rings. The number of hydrogen-bond acceptors (Lipinski definition) is 6. The lowest BCUT2D eigenvalue weighted by Crippen LogP contribution is -2.47. The molecule has 0 saturated heterocycles. The molecule has 0 spiro atoms. The van der Waals surface area contributed by atoms with Gasteiger partial charge in [0.05, 0.1) is 17.2 Å². The van der Waals surface area contributed by atoms with E-state index in [1.165, 1.54) is 24.3 Å². The highest BCUT2D eigenvalue weighted by Gasteiger charge is 2.36. The normalized spacial score (nSPS) is 13.1. The topological polar surface area (TPSA) is 106 Å². The summed E-state index contributed by atoms with van der Waals surface area (Å²) < 4.78 is 36.6. The number of rotatable bonds is 13. The van der Waals surface area contributed by atoms with E-state index in [-0.39, 0.29) is 4.90 Å². The first-order valence-corrected chi connectivity index (χ1v) is 15.0. The summed E-state index contributed by atoms with van der Waals surface area (Å²) in [7, 11) is -4.33. The number of hydrogen-bond donors (Lipinski definition) is 1. The summed E-state index contributed by atoms with van der Waals surface area (Å²) in [4.78, 5) is 12.9. The molecule has 0 saturated carbocycles. The van der Waals surface area contributed by atoms with Gasteiger partial charge < -0.3 is 4.42 Å². The maximum atomic E-state index is 13.9. The predicted molar refractivity (Wildman–Crippen MR) is 161 cm³/mol. The zero-order valence-electron chi connectivity index (χ0n) is 22.8. The van der Waals surface area contributed by atoms with Crippen LogP contribution in [0.15, 0.2) is 143 Å². The molecule has 0 fully saturated rings. The Morgan fingerprint density at radius 3 is 1.76 bits per heavy atom. The van der Waals surface area contributed by atoms with Crippen LogP contribution in [0.2, 0.25) is 0 Å². The van der Waals surface area contributed by atoms with E-state index < -0.39 is 32.7 Å². The van der Waals surface area contributed by atoms with Gasteiger partial charge in [-0.3, -0.25) is 15.0 Å². The van der Waals surface area contributed by atoms with Crippen molar-refractivity contribution in [3.05, 3.63) is 166 Å². The number of para-hydroxylation sites is 1. The molecule has 0 unspecified atom stereocenters. The molecular formula is C33H31N3O5S. The zero-order valence-corrected chi connectivity index (χ0v) is 23.6. The van der Waals surface area contributed by atoms with Crippen LogP contribution in [0.1, 0.15) is 28.5 Å². The smallest absolute Gasteiger partial charge is 0.289 e. The summed E-state index contributed by atoms with van der Waals surface area (Å²) in [6, 6.07) is 37.1. The Morgan fingerprint density at radius 1 is 0.714 bits per heavy atom. The second-order valence-corrected chi connectivity index (χ2v) is 11.7. The Labute approximate surface area is 245 Å². The van der Waals surface area contributed by atoms with E-state index in [4.69, 9.17) is 4.42 Å². The van der Waals surface area contributed by atoms with Crippen LogP contribution in [0.25, 0.3) is 0 Å². The van der Waals surface area contributed by atoms with Crippen LogP contribution in [-0.2, 0) is 29.5 Å². The van der Waals surface area contributed by atoms with Crippen LogP contribution in [-0.4, -0.2) is 24.3 Å². The molecule has 214 valence electrons. The first kappa shape index (κ1) is 28.9. The van der Waals surface area contributed by atoms with E-state index >= 15 is 0 Å². The first-order valence-electron chi connectivity index (χ1n) is 13.6. The molecule has 9 heteroatoms. The monoisotopic (exact) mass is 581 g/mol. The highest BCUT2D eigenvalue weighted by Crippen LogP contribution is 2.32. The van der Waals surface area contributed by atoms with Crippen molar-refractivity contribution in [2.24, 2.45) is 0 Å². The molecule has 0 bridgehead atoms. The SMILES string of the molecule is O=[N+]([O-])c1ccccc1S(=O)(=O)N[C@@H](Cc1ccccc1)[C@H](c1ccco1)N(Cc1ccccc1)Cc1ccccc1. The Hall–Kier alpha value is -4.57. The minimum Gasteiger partial charge on any atom is -0.468 e. The number of benzene rings is 4. The predicted octanol–water partition coefficient (Wildman–Crippen LogP) is 6.52. The summed E-state index contributed by atoms with van der Waals surface area (Å²) in [6.07, 6.45) is 1.88. The quantitative estimate of drug-likeness (QED) is 0.125. The Kier molecular flexibility index (Phi) is 9.23. The lowest BCUT2D eigenvalue weighted by Gasteiger charge is -2.36. The van der Waals surface area contributed by atoms with Gasteiger partial charge in [-0.25, -0.2) is 13.1 Å². The van der Waals surface area contributed by atoms with Crippen molar-refractivity contribution in [1.29, 1.82) is 0 Å². The molecule has 1 N–H and O–H groups in total. The molecule has 8 nitrogen and oxygen atoms in total. The van der Waals surface area contributed by atoms with Gasteiger partial charge in [0.1, 0.15) is 5.76 Å². The summed E-state index contributed by atoms with van der Waals surface area (Å²) in [5, 5.41) is 11.8. The molecule has 0 aliphatic heterocycles. The van der Waals surface area contributed by atoms with Crippen molar-refractivity contribution in [1.82, 2.24) is 9.62 Å². The summed E-state index contributed by atoms with van der Waals surface area (Å²) in [5.41, 5.74) is 2.52. The second kappa shape index (κ2) is 13.4. The third-order valence-corrected chi connectivity index (χ3v) is 8.56. The molecule has 4 aromatic carbocycles. The number of furan rings is 1. The maximum absolute atomic E-state index is 13.9. The van der Waals surface area contributed by atoms with Gasteiger partial charge in [-0.05, 0) is 41.3 Å². The van der Waals surface area contributed by atoms with E-state index in [1.807, 2.05) is 97.1 Å². The molecule has 0 radical (unpaired) electrons. The fourth-order valence-corrected chi connectivity index (χ4v) is 6.58. The van der Waals surface area contributed by atoms with Crippen molar-refractivity contribution in [2.75, 3.05) is 0 Å². The average molecular weight is 582 g/mol. The number of nitrogens with one attached hydrogen (secondary N) is 1. The fraction of sp³-hybridized carbons (Fsp3) is 0.152. The minimum absolute atomic E-state index is 0.312. The molecule has 0 amide bonds. The molecule has 1 heterocycles. The van der Waals surface area contributed by atoms with E-state index in [0.29, 0.717) is 25.3 Å². The fourth-order valence-electron chi connectivity index (χ4n) is 5.16. The number of nitrogens with zero attached hydrogens (tertiary/aromatic N) is 2. The molecular weight excluding hydrogens is 550 g/mol. The molecule has 2 atom stereocenters. The van der Waals surface area contributed by atoms with Crippen molar-refractivity contribution in [2.45, 2.75) is 36.5 Å². The van der Waals surface area contributed by atoms with Crippen LogP contribution in [0.5, 0.6) is 0 Å². The van der Waals surface area contributed by atoms with E-state index in [2.05, 4.69) is 9.62 Å². The molecule has 0 aliphatic carbocycles. The molecule has 42 heavy (non-hydrogen) atoms. The van der Waals surface area contributed by atoms with Gasteiger partial charge in [-0.1, -0.05) is 103 Å². The Balaban J connectivity index is 1.62. The lowest BCUT2D eigenvalue weighted by atomic mass is 9.96. The van der Waals surface area contributed by atoms with E-state index in [9.17, 15) is 18.5 Å². The number of nitro benzene ring substituents is 1. The maximum Gasteiger partial charge on any atom is 0.289 e. The van der Waals surface area contributed by atoms with Gasteiger partial charge in [0.15, 0.2) is 4.90 Å². The zero-order chi connectivity index (χ0) is 29.4. The van der Waals surface area contributed by atoms with Crippen molar-refractivity contribution >= 4 is 15.7 Å². The van der Waals surface area contributed by atoms with Gasteiger partial charge in [0.2, 0.25) is 10.0 Å². The van der Waals surface area contributed by atoms with Gasteiger partial charge in [-0.15, -0.1) is 0 Å². The van der Waals surface area contributed by atoms with Gasteiger partial charge in [0.25, 0.3) is 5.69 Å². The molecule has 5 aromatic rings. The molecule has 5 rings (SSSR count). The third-order valence-electron chi connectivity index (χ3n) is 7.02. The van der Waals surface area contributed by atoms with Crippen molar-refractivity contribution in [3.63, 3.8) is 0 Å². The largest absolute Gasteiger partial charge is 0.468 e. The van der Waals surface area contributed by atoms with Crippen LogP contribution >= 0.6 is 0 Å². The van der Waals surface area contributed by atoms with Crippen molar-refractivity contribution in [3.8, 4) is 0 Å². The van der Waals surface area contributed by atoms with Gasteiger partial charge >= 0.3 is 0 Å². The van der Waals surface area contributed by atoms with Crippen molar-refractivity contribution < 1.29 is 17.8 Å². The van der Waals surface area contributed by atoms with E-state index in [1.54, 1.807) is 12.3 Å². The summed E-state index contributed by atoms with van der Waals surface area (Å²) in [5.74, 6) is 0.577. The van der Waals surface area contributed by atoms with Gasteiger partial charge in [-0.2, -0.15) is 0 Å². The average Bonchev–Trinajstić information content (AvgIpc) is 3.53. The van der Waals surface area contributed by atoms with E-state index in [0.717, 1.165) is 16.7 Å². The summed E-state index contributed by atoms with van der Waals surface area (Å²) >= 11 is 0. The van der Waals surface area contributed by atoms with Gasteiger partial charge in [0, 0.05) is 25.2 Å². The first-order chi connectivity index (χ1) is 20.4. The summed E-state index contributed by atoms with van der Waals surface area (Å²) in [6.45, 7) is 0.999. The second-order valence-electron chi connectivity index (χ2n) is 9.98. The van der Waals surface area contributed by atoms with Crippen LogP contribution in [0.4, 0.5) is 5.69 Å². The Bertz CT molecular complexity index is 1640. The standard InChI is InChI=1S/C33H31N3O5S/c37-36(38)30-19-10-11-21-32(30)42(39,40)34-29(23-26-13-4-1-5-14-26)33(31-20-12-22-41-31)35(24-27-15-6-2-7-16-27)25-28-17-8-3-9-18-28/h1-22,29,33-34H,23-25H2/t29-,33+/m0/s1. The van der Waals surface area contributed by atoms with Crippen LogP contribution < -0.4 is 4.72 Å².